The van der Waals surface area contributed by atoms with Gasteiger partial charge in [-0.15, -0.1) is 0 Å². The van der Waals surface area contributed by atoms with Crippen molar-refractivity contribution in [2.24, 2.45) is 0 Å². The number of fused-ring (bicyclic) bond motifs is 1. The van der Waals surface area contributed by atoms with Crippen LogP contribution in [0.15, 0.2) is 66.7 Å². The van der Waals surface area contributed by atoms with Crippen LogP contribution in [-0.2, 0) is 11.2 Å². The van der Waals surface area contributed by atoms with E-state index in [1.807, 2.05) is 48.2 Å². The highest BCUT2D eigenvalue weighted by Crippen LogP contribution is 2.29. The Morgan fingerprint density at radius 1 is 0.968 bits per heavy atom. The fraction of sp³-hybridized carbons (Fsp3) is 0.231. The molecule has 1 heterocycles. The second kappa shape index (κ2) is 9.04. The summed E-state index contributed by atoms with van der Waals surface area (Å²) in [5.74, 6) is 0.614. The van der Waals surface area contributed by atoms with Crippen molar-refractivity contribution in [2.75, 3.05) is 23.4 Å². The van der Waals surface area contributed by atoms with Crippen LogP contribution in [0, 0.1) is 13.8 Å². The molecule has 0 fully saturated rings. The number of hydrogen-bond donors (Lipinski definition) is 1. The molecule has 0 spiro atoms. The summed E-state index contributed by atoms with van der Waals surface area (Å²) in [5.41, 5.74) is 5.81. The summed E-state index contributed by atoms with van der Waals surface area (Å²) in [4.78, 5) is 26.9. The zero-order valence-electron chi connectivity index (χ0n) is 17.9. The van der Waals surface area contributed by atoms with Crippen molar-refractivity contribution < 1.29 is 14.3 Å². The molecule has 0 atom stereocenters. The van der Waals surface area contributed by atoms with E-state index in [0.29, 0.717) is 24.4 Å². The molecule has 31 heavy (non-hydrogen) atoms. The molecule has 5 nitrogen and oxygen atoms in total. The van der Waals surface area contributed by atoms with Crippen molar-refractivity contribution in [3.63, 3.8) is 0 Å². The number of ether oxygens (including phenoxy) is 1. The minimum absolute atomic E-state index is 0.0235. The summed E-state index contributed by atoms with van der Waals surface area (Å²) in [5, 5.41) is 2.86. The summed E-state index contributed by atoms with van der Waals surface area (Å²) < 4.78 is 5.68. The summed E-state index contributed by atoms with van der Waals surface area (Å²) in [6.45, 7) is 5.08. The minimum Gasteiger partial charge on any atom is -0.493 e. The molecule has 3 aromatic rings. The summed E-state index contributed by atoms with van der Waals surface area (Å²) in [7, 11) is 0. The maximum absolute atomic E-state index is 12.9. The number of anilines is 2. The average Bonchev–Trinajstić information content (AvgIpc) is 3.20. The first-order valence-electron chi connectivity index (χ1n) is 10.5. The Bertz CT molecular complexity index is 1110. The standard InChI is InChI=1S/C26H26N2O3/c1-18-7-12-23(17-19(18)2)31-16-14-25(29)27-22-10-8-21(9-11-22)26(30)28-15-13-20-5-3-4-6-24(20)28/h3-12,17H,13-16H2,1-2H3,(H,27,29). The molecular weight excluding hydrogens is 388 g/mol. The molecule has 3 aromatic carbocycles. The molecule has 1 aliphatic heterocycles. The molecule has 5 heteroatoms. The molecule has 158 valence electrons. The van der Waals surface area contributed by atoms with Crippen LogP contribution in [0.3, 0.4) is 0 Å². The molecule has 0 radical (unpaired) electrons. The second-order valence-electron chi connectivity index (χ2n) is 7.81. The van der Waals surface area contributed by atoms with Gasteiger partial charge in [-0.3, -0.25) is 9.59 Å². The molecule has 0 saturated carbocycles. The fourth-order valence-corrected chi connectivity index (χ4v) is 3.69. The molecule has 2 amide bonds. The van der Waals surface area contributed by atoms with Gasteiger partial charge in [0, 0.05) is 23.5 Å². The van der Waals surface area contributed by atoms with Gasteiger partial charge >= 0.3 is 0 Å². The SMILES string of the molecule is Cc1ccc(OCCC(=O)Nc2ccc(C(=O)N3CCc4ccccc43)cc2)cc1C. The third kappa shape index (κ3) is 4.77. The number of rotatable bonds is 6. The van der Waals surface area contributed by atoms with Gasteiger partial charge in [0.15, 0.2) is 0 Å². The second-order valence-corrected chi connectivity index (χ2v) is 7.81. The smallest absolute Gasteiger partial charge is 0.258 e. The number of hydrogen-bond acceptors (Lipinski definition) is 3. The Kier molecular flexibility index (Phi) is 6.03. The van der Waals surface area contributed by atoms with Crippen molar-refractivity contribution in [3.05, 3.63) is 89.0 Å². The molecule has 1 aliphatic rings. The number of carbonyl (C=O) groups excluding carboxylic acids is 2. The van der Waals surface area contributed by atoms with Gasteiger partial charge in [-0.05, 0) is 79.4 Å². The van der Waals surface area contributed by atoms with E-state index < -0.39 is 0 Å². The van der Waals surface area contributed by atoms with Gasteiger partial charge in [-0.2, -0.15) is 0 Å². The molecule has 1 N–H and O–H groups in total. The van der Waals surface area contributed by atoms with Crippen molar-refractivity contribution in [3.8, 4) is 5.75 Å². The number of amides is 2. The van der Waals surface area contributed by atoms with Crippen molar-refractivity contribution in [1.29, 1.82) is 0 Å². The topological polar surface area (TPSA) is 58.6 Å². The highest BCUT2D eigenvalue weighted by atomic mass is 16.5. The van der Waals surface area contributed by atoms with Crippen LogP contribution in [0.4, 0.5) is 11.4 Å². The van der Waals surface area contributed by atoms with Gasteiger partial charge in [-0.25, -0.2) is 0 Å². The molecule has 0 unspecified atom stereocenters. The zero-order valence-corrected chi connectivity index (χ0v) is 17.9. The summed E-state index contributed by atoms with van der Waals surface area (Å²) in [6.07, 6.45) is 1.12. The molecule has 0 aromatic heterocycles. The Morgan fingerprint density at radius 2 is 1.74 bits per heavy atom. The lowest BCUT2D eigenvalue weighted by Gasteiger charge is -2.17. The van der Waals surface area contributed by atoms with E-state index in [0.717, 1.165) is 23.4 Å². The molecular formula is C26H26N2O3. The lowest BCUT2D eigenvalue weighted by molar-refractivity contribution is -0.116. The van der Waals surface area contributed by atoms with E-state index in [9.17, 15) is 9.59 Å². The van der Waals surface area contributed by atoms with Crippen LogP contribution in [0.5, 0.6) is 5.75 Å². The highest BCUT2D eigenvalue weighted by Gasteiger charge is 2.24. The Labute approximate surface area is 182 Å². The van der Waals surface area contributed by atoms with Gasteiger partial charge in [0.25, 0.3) is 5.91 Å². The number of nitrogens with one attached hydrogen (secondary N) is 1. The van der Waals surface area contributed by atoms with Crippen LogP contribution in [-0.4, -0.2) is 25.0 Å². The minimum atomic E-state index is -0.128. The maximum Gasteiger partial charge on any atom is 0.258 e. The normalized spacial score (nSPS) is 12.4. The largest absolute Gasteiger partial charge is 0.493 e. The number of nitrogens with zero attached hydrogens (tertiary/aromatic N) is 1. The zero-order chi connectivity index (χ0) is 21.8. The van der Waals surface area contributed by atoms with E-state index in [2.05, 4.69) is 18.3 Å². The van der Waals surface area contributed by atoms with Gasteiger partial charge in [0.05, 0.1) is 13.0 Å². The van der Waals surface area contributed by atoms with Crippen LogP contribution >= 0.6 is 0 Å². The van der Waals surface area contributed by atoms with Crippen LogP contribution in [0.25, 0.3) is 0 Å². The van der Waals surface area contributed by atoms with E-state index in [1.165, 1.54) is 11.1 Å². The van der Waals surface area contributed by atoms with E-state index in [-0.39, 0.29) is 18.2 Å². The van der Waals surface area contributed by atoms with Crippen molar-refractivity contribution >= 4 is 23.2 Å². The number of carbonyl (C=O) groups is 2. The first-order chi connectivity index (χ1) is 15.0. The first kappa shape index (κ1) is 20.7. The maximum atomic E-state index is 12.9. The Balaban J connectivity index is 1.29. The Hall–Kier alpha value is -3.60. The molecule has 0 bridgehead atoms. The third-order valence-electron chi connectivity index (χ3n) is 5.62. The summed E-state index contributed by atoms with van der Waals surface area (Å²) in [6, 6.07) is 20.9. The highest BCUT2D eigenvalue weighted by molar-refractivity contribution is 6.07. The lowest BCUT2D eigenvalue weighted by Crippen LogP contribution is -2.28. The number of para-hydroxylation sites is 1. The van der Waals surface area contributed by atoms with E-state index in [1.54, 1.807) is 24.3 Å². The third-order valence-corrected chi connectivity index (χ3v) is 5.62. The van der Waals surface area contributed by atoms with Crippen molar-refractivity contribution in [1.82, 2.24) is 0 Å². The molecule has 0 saturated heterocycles. The number of aryl methyl sites for hydroxylation is 2. The van der Waals surface area contributed by atoms with Gasteiger partial charge in [0.2, 0.25) is 5.91 Å². The van der Waals surface area contributed by atoms with Crippen LogP contribution < -0.4 is 15.0 Å². The number of benzene rings is 3. The molecule has 0 aliphatic carbocycles. The predicted octanol–water partition coefficient (Wildman–Crippen LogP) is 4.91. The van der Waals surface area contributed by atoms with E-state index in [4.69, 9.17) is 4.74 Å². The van der Waals surface area contributed by atoms with Crippen molar-refractivity contribution in [2.45, 2.75) is 26.7 Å². The summed E-state index contributed by atoms with van der Waals surface area (Å²) >= 11 is 0. The monoisotopic (exact) mass is 414 g/mol. The van der Waals surface area contributed by atoms with E-state index >= 15 is 0 Å². The lowest BCUT2D eigenvalue weighted by atomic mass is 10.1. The van der Waals surface area contributed by atoms with Gasteiger partial charge in [0.1, 0.15) is 5.75 Å². The Morgan fingerprint density at radius 3 is 2.52 bits per heavy atom. The quantitative estimate of drug-likeness (QED) is 0.623. The van der Waals surface area contributed by atoms with Crippen LogP contribution in [0.1, 0.15) is 33.5 Å². The predicted molar refractivity (Wildman–Crippen MR) is 123 cm³/mol. The van der Waals surface area contributed by atoms with Crippen LogP contribution in [0.2, 0.25) is 0 Å². The molecule has 4 rings (SSSR count). The average molecular weight is 415 g/mol. The fourth-order valence-electron chi connectivity index (χ4n) is 3.69. The first-order valence-corrected chi connectivity index (χ1v) is 10.5. The van der Waals surface area contributed by atoms with Gasteiger partial charge in [-0.1, -0.05) is 24.3 Å². The van der Waals surface area contributed by atoms with Gasteiger partial charge < -0.3 is 15.0 Å².